The molecular formula is C15H13BrN2O2. The molecule has 0 aliphatic carbocycles. The summed E-state index contributed by atoms with van der Waals surface area (Å²) in [6.07, 6.45) is 3.93. The zero-order chi connectivity index (χ0) is 14.1. The molecule has 0 spiro atoms. The van der Waals surface area contributed by atoms with Crippen molar-refractivity contribution in [1.29, 1.82) is 0 Å². The van der Waals surface area contributed by atoms with Crippen LogP contribution in [0.4, 0.5) is 0 Å². The summed E-state index contributed by atoms with van der Waals surface area (Å²) >= 11 is 3.56. The second-order valence-corrected chi connectivity index (χ2v) is 5.13. The maximum absolute atomic E-state index is 5.33. The molecule has 0 radical (unpaired) electrons. The number of fused-ring (bicyclic) bond motifs is 1. The summed E-state index contributed by atoms with van der Waals surface area (Å²) in [7, 11) is 3.30. The SMILES string of the molecule is COc1ccc(-c2cn3cccc(OC)c3n2)c(Br)c1. The zero-order valence-corrected chi connectivity index (χ0v) is 12.7. The van der Waals surface area contributed by atoms with Gasteiger partial charge in [-0.15, -0.1) is 0 Å². The third kappa shape index (κ3) is 2.14. The van der Waals surface area contributed by atoms with E-state index in [1.54, 1.807) is 14.2 Å². The first-order valence-corrected chi connectivity index (χ1v) is 6.88. The lowest BCUT2D eigenvalue weighted by molar-refractivity contribution is 0.414. The number of rotatable bonds is 3. The predicted octanol–water partition coefficient (Wildman–Crippen LogP) is 3.78. The second-order valence-electron chi connectivity index (χ2n) is 4.28. The van der Waals surface area contributed by atoms with Crippen molar-refractivity contribution in [3.05, 3.63) is 47.2 Å². The summed E-state index contributed by atoms with van der Waals surface area (Å²) in [6.45, 7) is 0. The van der Waals surface area contributed by atoms with Crippen molar-refractivity contribution in [2.45, 2.75) is 0 Å². The van der Waals surface area contributed by atoms with Gasteiger partial charge < -0.3 is 13.9 Å². The molecule has 0 unspecified atom stereocenters. The van der Waals surface area contributed by atoms with Gasteiger partial charge in [-0.1, -0.05) is 0 Å². The van der Waals surface area contributed by atoms with E-state index >= 15 is 0 Å². The smallest absolute Gasteiger partial charge is 0.180 e. The predicted molar refractivity (Wildman–Crippen MR) is 81.4 cm³/mol. The van der Waals surface area contributed by atoms with Gasteiger partial charge in [0.05, 0.1) is 19.9 Å². The molecule has 0 amide bonds. The van der Waals surface area contributed by atoms with Gasteiger partial charge in [0.15, 0.2) is 11.4 Å². The molecule has 0 saturated carbocycles. The fraction of sp³-hybridized carbons (Fsp3) is 0.133. The third-order valence-corrected chi connectivity index (χ3v) is 3.78. The Hall–Kier alpha value is -2.01. The number of pyridine rings is 1. The Balaban J connectivity index is 2.15. The molecule has 3 rings (SSSR count). The van der Waals surface area contributed by atoms with Crippen molar-refractivity contribution in [1.82, 2.24) is 9.38 Å². The van der Waals surface area contributed by atoms with E-state index in [4.69, 9.17) is 9.47 Å². The van der Waals surface area contributed by atoms with E-state index in [1.165, 1.54) is 0 Å². The first kappa shape index (κ1) is 13.0. The molecule has 5 heteroatoms. The lowest BCUT2D eigenvalue weighted by Crippen LogP contribution is -1.88. The van der Waals surface area contributed by atoms with Gasteiger partial charge in [-0.2, -0.15) is 0 Å². The van der Waals surface area contributed by atoms with E-state index in [2.05, 4.69) is 20.9 Å². The molecule has 3 aromatic rings. The Morgan fingerprint density at radius 1 is 1.15 bits per heavy atom. The van der Waals surface area contributed by atoms with Gasteiger partial charge in [0.1, 0.15) is 5.75 Å². The van der Waals surface area contributed by atoms with E-state index in [0.29, 0.717) is 0 Å². The van der Waals surface area contributed by atoms with Crippen LogP contribution in [0.5, 0.6) is 11.5 Å². The molecule has 0 atom stereocenters. The van der Waals surface area contributed by atoms with Gasteiger partial charge in [0.25, 0.3) is 0 Å². The van der Waals surface area contributed by atoms with E-state index < -0.39 is 0 Å². The first-order valence-electron chi connectivity index (χ1n) is 6.08. The summed E-state index contributed by atoms with van der Waals surface area (Å²) in [5, 5.41) is 0. The highest BCUT2D eigenvalue weighted by Gasteiger charge is 2.11. The molecule has 20 heavy (non-hydrogen) atoms. The van der Waals surface area contributed by atoms with Crippen LogP contribution >= 0.6 is 15.9 Å². The molecule has 2 aromatic heterocycles. The summed E-state index contributed by atoms with van der Waals surface area (Å²) in [5.74, 6) is 1.56. The van der Waals surface area contributed by atoms with Crippen LogP contribution in [0.25, 0.3) is 16.9 Å². The number of imidazole rings is 1. The van der Waals surface area contributed by atoms with Crippen molar-refractivity contribution in [2.75, 3.05) is 14.2 Å². The molecule has 0 aliphatic rings. The number of hydrogen-bond acceptors (Lipinski definition) is 3. The second kappa shape index (κ2) is 5.17. The minimum Gasteiger partial charge on any atom is -0.497 e. The minimum atomic E-state index is 0.753. The largest absolute Gasteiger partial charge is 0.497 e. The summed E-state index contributed by atoms with van der Waals surface area (Å²) < 4.78 is 13.4. The van der Waals surface area contributed by atoms with Crippen LogP contribution in [0, 0.1) is 0 Å². The molecule has 2 heterocycles. The van der Waals surface area contributed by atoms with Crippen molar-refractivity contribution < 1.29 is 9.47 Å². The molecule has 0 N–H and O–H groups in total. The summed E-state index contributed by atoms with van der Waals surface area (Å²) in [6, 6.07) is 9.66. The Kier molecular flexibility index (Phi) is 3.36. The van der Waals surface area contributed by atoms with E-state index in [0.717, 1.165) is 32.9 Å². The van der Waals surface area contributed by atoms with Gasteiger partial charge in [-0.3, -0.25) is 0 Å². The van der Waals surface area contributed by atoms with Gasteiger partial charge in [0.2, 0.25) is 0 Å². The van der Waals surface area contributed by atoms with Gasteiger partial charge >= 0.3 is 0 Å². The zero-order valence-electron chi connectivity index (χ0n) is 11.1. The molecule has 102 valence electrons. The number of hydrogen-bond donors (Lipinski definition) is 0. The Morgan fingerprint density at radius 2 is 2.00 bits per heavy atom. The maximum Gasteiger partial charge on any atom is 0.180 e. The monoisotopic (exact) mass is 332 g/mol. The molecule has 1 aromatic carbocycles. The van der Waals surface area contributed by atoms with Crippen LogP contribution in [-0.4, -0.2) is 23.6 Å². The van der Waals surface area contributed by atoms with Crippen LogP contribution in [-0.2, 0) is 0 Å². The van der Waals surface area contributed by atoms with E-state index in [9.17, 15) is 0 Å². The highest BCUT2D eigenvalue weighted by atomic mass is 79.9. The fourth-order valence-corrected chi connectivity index (χ4v) is 2.67. The van der Waals surface area contributed by atoms with Crippen molar-refractivity contribution in [3.8, 4) is 22.8 Å². The van der Waals surface area contributed by atoms with Gasteiger partial charge in [0, 0.05) is 22.4 Å². The number of aromatic nitrogens is 2. The number of benzene rings is 1. The van der Waals surface area contributed by atoms with E-state index in [-0.39, 0.29) is 0 Å². The number of methoxy groups -OCH3 is 2. The molecule has 0 bridgehead atoms. The Bertz CT molecular complexity index is 768. The number of nitrogens with zero attached hydrogens (tertiary/aromatic N) is 2. The average molecular weight is 333 g/mol. The van der Waals surface area contributed by atoms with Crippen LogP contribution in [0.15, 0.2) is 47.2 Å². The molecule has 0 saturated heterocycles. The highest BCUT2D eigenvalue weighted by Crippen LogP contribution is 2.32. The minimum absolute atomic E-state index is 0.753. The average Bonchev–Trinajstić information content (AvgIpc) is 2.90. The van der Waals surface area contributed by atoms with Crippen molar-refractivity contribution in [3.63, 3.8) is 0 Å². The Morgan fingerprint density at radius 3 is 2.70 bits per heavy atom. The molecule has 4 nitrogen and oxygen atoms in total. The molecule has 0 fully saturated rings. The van der Waals surface area contributed by atoms with Crippen LogP contribution in [0.3, 0.4) is 0 Å². The lowest BCUT2D eigenvalue weighted by atomic mass is 10.1. The van der Waals surface area contributed by atoms with Crippen LogP contribution in [0.2, 0.25) is 0 Å². The number of ether oxygens (including phenoxy) is 2. The van der Waals surface area contributed by atoms with Crippen LogP contribution in [0.1, 0.15) is 0 Å². The first-order chi connectivity index (χ1) is 9.72. The highest BCUT2D eigenvalue weighted by molar-refractivity contribution is 9.10. The number of halogens is 1. The lowest BCUT2D eigenvalue weighted by Gasteiger charge is -2.04. The normalized spacial score (nSPS) is 10.8. The summed E-state index contributed by atoms with van der Waals surface area (Å²) in [4.78, 5) is 4.64. The van der Waals surface area contributed by atoms with Crippen molar-refractivity contribution >= 4 is 21.6 Å². The third-order valence-electron chi connectivity index (χ3n) is 3.12. The molecule has 0 aliphatic heterocycles. The standard InChI is InChI=1S/C15H13BrN2O2/c1-19-10-5-6-11(12(16)8-10)13-9-18-7-3-4-14(20-2)15(18)17-13/h3-9H,1-2H3. The van der Waals surface area contributed by atoms with Gasteiger partial charge in [-0.25, -0.2) is 4.98 Å². The van der Waals surface area contributed by atoms with Crippen molar-refractivity contribution in [2.24, 2.45) is 0 Å². The topological polar surface area (TPSA) is 35.8 Å². The summed E-state index contributed by atoms with van der Waals surface area (Å²) in [5.41, 5.74) is 2.69. The maximum atomic E-state index is 5.33. The van der Waals surface area contributed by atoms with Gasteiger partial charge in [-0.05, 0) is 46.3 Å². The van der Waals surface area contributed by atoms with Crippen LogP contribution < -0.4 is 9.47 Å². The molecular weight excluding hydrogens is 320 g/mol. The van der Waals surface area contributed by atoms with E-state index in [1.807, 2.05) is 47.1 Å². The quantitative estimate of drug-likeness (QED) is 0.732. The Labute approximate surface area is 125 Å². The fourth-order valence-electron chi connectivity index (χ4n) is 2.11.